The van der Waals surface area contributed by atoms with Crippen LogP contribution in [0.3, 0.4) is 0 Å². The summed E-state index contributed by atoms with van der Waals surface area (Å²) in [5.41, 5.74) is 9.00. The van der Waals surface area contributed by atoms with Crippen LogP contribution in [0.15, 0.2) is 24.3 Å². The maximum Gasteiger partial charge on any atom is 0.160 e. The topological polar surface area (TPSA) is 69.1 Å². The highest BCUT2D eigenvalue weighted by Crippen LogP contribution is 2.18. The third kappa shape index (κ3) is 4.58. The highest BCUT2D eigenvalue weighted by Gasteiger charge is 2.09. The third-order valence-corrected chi connectivity index (χ3v) is 3.15. The van der Waals surface area contributed by atoms with Crippen LogP contribution in [-0.2, 0) is 0 Å². The van der Waals surface area contributed by atoms with E-state index in [0.29, 0.717) is 3.57 Å². The minimum absolute atomic E-state index is 0.0146. The number of ketones is 1. The van der Waals surface area contributed by atoms with E-state index in [1.165, 1.54) is 19.1 Å². The number of nitrogen functional groups attached to an aromatic ring is 2. The van der Waals surface area contributed by atoms with Crippen LogP contribution < -0.4 is 11.5 Å². The molecule has 0 saturated carbocycles. The van der Waals surface area contributed by atoms with Crippen molar-refractivity contribution in [2.75, 3.05) is 11.5 Å². The van der Waals surface area contributed by atoms with Crippen molar-refractivity contribution in [3.05, 3.63) is 56.7 Å². The second-order valence-electron chi connectivity index (χ2n) is 4.19. The van der Waals surface area contributed by atoms with Crippen LogP contribution in [0.4, 0.5) is 28.9 Å². The van der Waals surface area contributed by atoms with Crippen LogP contribution in [0, 0.1) is 26.8 Å². The second-order valence-corrected chi connectivity index (χ2v) is 5.44. The Morgan fingerprint density at radius 2 is 1.18 bits per heavy atom. The molecule has 0 saturated heterocycles. The zero-order valence-corrected chi connectivity index (χ0v) is 13.4. The van der Waals surface area contributed by atoms with Gasteiger partial charge in [0, 0.05) is 9.13 Å². The van der Waals surface area contributed by atoms with Crippen LogP contribution in [0.25, 0.3) is 0 Å². The highest BCUT2D eigenvalue weighted by atomic mass is 127. The lowest BCUT2D eigenvalue weighted by Gasteiger charge is -2.00. The van der Waals surface area contributed by atoms with Crippen LogP contribution in [-0.4, -0.2) is 5.78 Å². The van der Waals surface area contributed by atoms with Crippen molar-refractivity contribution >= 4 is 39.7 Å². The summed E-state index contributed by atoms with van der Waals surface area (Å²) < 4.78 is 50.8. The van der Waals surface area contributed by atoms with Crippen molar-refractivity contribution in [1.29, 1.82) is 0 Å². The maximum absolute atomic E-state index is 12.7. The Balaban J connectivity index is 0.000000224. The summed E-state index contributed by atoms with van der Waals surface area (Å²) in [6.07, 6.45) is 0. The van der Waals surface area contributed by atoms with Crippen molar-refractivity contribution in [2.45, 2.75) is 6.92 Å². The predicted molar refractivity (Wildman–Crippen MR) is 84.3 cm³/mol. The number of rotatable bonds is 1. The Labute approximate surface area is 137 Å². The molecule has 0 spiro atoms. The highest BCUT2D eigenvalue weighted by molar-refractivity contribution is 14.1. The van der Waals surface area contributed by atoms with Crippen molar-refractivity contribution in [3.63, 3.8) is 0 Å². The largest absolute Gasteiger partial charge is 0.394 e. The molecule has 118 valence electrons. The van der Waals surface area contributed by atoms with Gasteiger partial charge in [0.15, 0.2) is 5.78 Å². The molecule has 0 amide bonds. The fourth-order valence-electron chi connectivity index (χ4n) is 1.34. The van der Waals surface area contributed by atoms with E-state index in [1.807, 2.05) is 22.6 Å². The normalized spacial score (nSPS) is 9.91. The smallest absolute Gasteiger partial charge is 0.160 e. The van der Waals surface area contributed by atoms with E-state index < -0.39 is 40.4 Å². The Morgan fingerprint density at radius 1 is 0.864 bits per heavy atom. The molecule has 0 heterocycles. The SMILES string of the molecule is CC(=O)c1cc(F)c(N)c(F)c1.Nc1c(F)cc(I)cc1F. The number of halogens is 5. The van der Waals surface area contributed by atoms with E-state index in [4.69, 9.17) is 11.5 Å². The number of carbonyl (C=O) groups is 1. The molecular formula is C14H11F4IN2O. The number of hydrogen-bond acceptors (Lipinski definition) is 3. The van der Waals surface area contributed by atoms with E-state index in [-0.39, 0.29) is 5.56 Å². The van der Waals surface area contributed by atoms with E-state index >= 15 is 0 Å². The fraction of sp³-hybridized carbons (Fsp3) is 0.0714. The maximum atomic E-state index is 12.7. The molecule has 0 bridgehead atoms. The number of anilines is 2. The first-order chi connectivity index (χ1) is 10.1. The minimum Gasteiger partial charge on any atom is -0.394 e. The Hall–Kier alpha value is -1.84. The van der Waals surface area contributed by atoms with Gasteiger partial charge in [0.2, 0.25) is 0 Å². The minimum atomic E-state index is -0.903. The van der Waals surface area contributed by atoms with Crippen LogP contribution in [0.2, 0.25) is 0 Å². The number of nitrogens with two attached hydrogens (primary N) is 2. The molecule has 0 atom stereocenters. The summed E-state index contributed by atoms with van der Waals surface area (Å²) in [6, 6.07) is 4.19. The van der Waals surface area contributed by atoms with Gasteiger partial charge in [-0.1, -0.05) is 0 Å². The third-order valence-electron chi connectivity index (χ3n) is 2.53. The average molecular weight is 426 g/mol. The molecule has 0 aliphatic carbocycles. The van der Waals surface area contributed by atoms with Crippen molar-refractivity contribution in [1.82, 2.24) is 0 Å². The summed E-state index contributed by atoms with van der Waals surface area (Å²) in [7, 11) is 0. The molecule has 2 aromatic rings. The van der Waals surface area contributed by atoms with Gasteiger partial charge in [0.05, 0.1) is 0 Å². The van der Waals surface area contributed by atoms with Gasteiger partial charge < -0.3 is 11.5 Å². The van der Waals surface area contributed by atoms with Gasteiger partial charge in [0.1, 0.15) is 34.6 Å². The van der Waals surface area contributed by atoms with Gasteiger partial charge in [-0.3, -0.25) is 4.79 Å². The van der Waals surface area contributed by atoms with E-state index in [0.717, 1.165) is 12.1 Å². The van der Waals surface area contributed by atoms with Gasteiger partial charge in [-0.05, 0) is 53.8 Å². The van der Waals surface area contributed by atoms with Crippen molar-refractivity contribution in [3.8, 4) is 0 Å². The molecular weight excluding hydrogens is 415 g/mol. The first-order valence-electron chi connectivity index (χ1n) is 5.79. The quantitative estimate of drug-likeness (QED) is 0.315. The summed E-state index contributed by atoms with van der Waals surface area (Å²) in [6.45, 7) is 1.23. The Kier molecular flexibility index (Phi) is 6.15. The lowest BCUT2D eigenvalue weighted by molar-refractivity contribution is 0.101. The molecule has 4 N–H and O–H groups in total. The number of Topliss-reactive ketones (excluding diaryl/α,β-unsaturated/α-hetero) is 1. The molecule has 0 fully saturated rings. The number of hydrogen-bond donors (Lipinski definition) is 2. The molecule has 0 aromatic heterocycles. The van der Waals surface area contributed by atoms with Gasteiger partial charge >= 0.3 is 0 Å². The van der Waals surface area contributed by atoms with Gasteiger partial charge in [-0.2, -0.15) is 0 Å². The Morgan fingerprint density at radius 3 is 1.50 bits per heavy atom. The van der Waals surface area contributed by atoms with Crippen molar-refractivity contribution < 1.29 is 22.4 Å². The summed E-state index contributed by atoms with van der Waals surface area (Å²) >= 11 is 1.81. The molecule has 3 nitrogen and oxygen atoms in total. The van der Waals surface area contributed by atoms with E-state index in [9.17, 15) is 22.4 Å². The zero-order valence-electron chi connectivity index (χ0n) is 11.3. The van der Waals surface area contributed by atoms with Crippen LogP contribution in [0.5, 0.6) is 0 Å². The second kappa shape index (κ2) is 7.43. The van der Waals surface area contributed by atoms with Crippen molar-refractivity contribution in [2.24, 2.45) is 0 Å². The Bertz CT molecular complexity index is 676. The summed E-state index contributed by atoms with van der Waals surface area (Å²) in [5, 5.41) is 0. The average Bonchev–Trinajstić information content (AvgIpc) is 2.42. The fourth-order valence-corrected chi connectivity index (χ4v) is 1.89. The molecule has 22 heavy (non-hydrogen) atoms. The lowest BCUT2D eigenvalue weighted by Crippen LogP contribution is -2.00. The summed E-state index contributed by atoms with van der Waals surface area (Å²) in [4.78, 5) is 10.7. The lowest BCUT2D eigenvalue weighted by atomic mass is 10.1. The molecule has 2 aromatic carbocycles. The molecule has 0 radical (unpaired) electrons. The first-order valence-corrected chi connectivity index (χ1v) is 6.86. The number of carbonyl (C=O) groups excluding carboxylic acids is 1. The molecule has 0 unspecified atom stereocenters. The monoisotopic (exact) mass is 426 g/mol. The molecule has 8 heteroatoms. The number of benzene rings is 2. The van der Waals surface area contributed by atoms with E-state index in [2.05, 4.69) is 0 Å². The van der Waals surface area contributed by atoms with Gasteiger partial charge in [0.25, 0.3) is 0 Å². The van der Waals surface area contributed by atoms with Crippen LogP contribution >= 0.6 is 22.6 Å². The van der Waals surface area contributed by atoms with Crippen LogP contribution in [0.1, 0.15) is 17.3 Å². The van der Waals surface area contributed by atoms with Gasteiger partial charge in [-0.25, -0.2) is 17.6 Å². The predicted octanol–water partition coefficient (Wildman–Crippen LogP) is 3.90. The molecule has 2 rings (SSSR count). The molecule has 0 aliphatic heterocycles. The standard InChI is InChI=1S/C8H7F2NO.C6H4F2IN/c1-4(12)5-2-6(9)8(11)7(10)3-5;7-4-1-3(9)2-5(8)6(4)10/h2-3H,11H2,1H3;1-2H,10H2. The zero-order chi connectivity index (χ0) is 17.0. The van der Waals surface area contributed by atoms with Gasteiger partial charge in [-0.15, -0.1) is 0 Å². The van der Waals surface area contributed by atoms with E-state index in [1.54, 1.807) is 0 Å². The first kappa shape index (κ1) is 18.2. The summed E-state index contributed by atoms with van der Waals surface area (Å²) in [5.74, 6) is -3.61. The molecule has 0 aliphatic rings.